The van der Waals surface area contributed by atoms with Crippen LogP contribution in [0.3, 0.4) is 0 Å². The van der Waals surface area contributed by atoms with Crippen LogP contribution < -0.4 is 0 Å². The van der Waals surface area contributed by atoms with Crippen LogP contribution in [-0.2, 0) is 19.1 Å². The van der Waals surface area contributed by atoms with Crippen LogP contribution in [0.15, 0.2) is 100 Å². The number of esters is 1. The normalized spacial score (nSPS) is 32.4. The Kier molecular flexibility index (Phi) is 12.3. The van der Waals surface area contributed by atoms with Crippen molar-refractivity contribution >= 4 is 11.8 Å². The molecule has 48 heavy (non-hydrogen) atoms. The fourth-order valence-electron chi connectivity index (χ4n) is 7.86. The summed E-state index contributed by atoms with van der Waals surface area (Å²) in [6.45, 7) is 19.9. The number of rotatable bonds is 11. The number of fused-ring (bicyclic) bond motifs is 1. The minimum atomic E-state index is -1.14. The quantitative estimate of drug-likeness (QED) is 0.0760. The molecule has 2 aliphatic carbocycles. The highest BCUT2D eigenvalue weighted by atomic mass is 16.6. The molecule has 2 saturated carbocycles. The van der Waals surface area contributed by atoms with Gasteiger partial charge >= 0.3 is 5.97 Å². The Labute approximate surface area is 289 Å². The predicted octanol–water partition coefficient (Wildman–Crippen LogP) is 8.55. The van der Waals surface area contributed by atoms with E-state index >= 15 is 0 Å². The summed E-state index contributed by atoms with van der Waals surface area (Å²) in [7, 11) is 1.39. The van der Waals surface area contributed by atoms with Crippen LogP contribution in [0.1, 0.15) is 101 Å². The molecule has 2 N–H and O–H groups in total. The zero-order valence-electron chi connectivity index (χ0n) is 31.1. The Bertz CT molecular complexity index is 1510. The number of carbonyl (C=O) groups excluding carboxylic acids is 2. The lowest BCUT2D eigenvalue weighted by Gasteiger charge is -2.44. The average molecular weight is 659 g/mol. The van der Waals surface area contributed by atoms with Crippen molar-refractivity contribution in [3.8, 4) is 0 Å². The molecule has 6 heteroatoms. The van der Waals surface area contributed by atoms with Gasteiger partial charge in [-0.15, -0.1) is 5.73 Å². The van der Waals surface area contributed by atoms with Gasteiger partial charge in [0.1, 0.15) is 5.60 Å². The standard InChI is InChI=1S/C42H58O6/c1-29(18-14-19-31(3)22-23-36-38(5,6)24-33(37(45)47-11)25-40(36,9)46)16-12-13-17-30(2)20-15-21-32(4)35(44)28-42-39(7,8)26-34(43)27-41(42,10)48-42/h12-22,33-34,43,46H,24-28H2,1-11H3. The summed E-state index contributed by atoms with van der Waals surface area (Å²) >= 11 is 0. The molecule has 5 unspecified atom stereocenters. The second-order valence-corrected chi connectivity index (χ2v) is 15.8. The first-order valence-electron chi connectivity index (χ1n) is 17.1. The van der Waals surface area contributed by atoms with Crippen LogP contribution >= 0.6 is 0 Å². The van der Waals surface area contributed by atoms with E-state index in [2.05, 4.69) is 19.6 Å². The van der Waals surface area contributed by atoms with E-state index in [1.807, 2.05) is 115 Å². The Morgan fingerprint density at radius 1 is 0.833 bits per heavy atom. The smallest absolute Gasteiger partial charge is 0.308 e. The molecule has 6 nitrogen and oxygen atoms in total. The van der Waals surface area contributed by atoms with Gasteiger partial charge in [0.2, 0.25) is 0 Å². The molecule has 0 aromatic carbocycles. The van der Waals surface area contributed by atoms with Crippen molar-refractivity contribution in [3.05, 3.63) is 100 Å². The molecule has 1 saturated heterocycles. The van der Waals surface area contributed by atoms with Crippen molar-refractivity contribution < 1.29 is 29.3 Å². The molecule has 3 fully saturated rings. The maximum atomic E-state index is 13.1. The van der Waals surface area contributed by atoms with Crippen LogP contribution in [0.2, 0.25) is 0 Å². The van der Waals surface area contributed by atoms with Gasteiger partial charge in [-0.05, 0) is 88.9 Å². The second-order valence-electron chi connectivity index (χ2n) is 15.8. The molecule has 1 aliphatic heterocycles. The predicted molar refractivity (Wildman–Crippen MR) is 194 cm³/mol. The van der Waals surface area contributed by atoms with Gasteiger partial charge < -0.3 is 19.7 Å². The van der Waals surface area contributed by atoms with E-state index in [0.717, 1.165) is 22.3 Å². The molecular weight excluding hydrogens is 600 g/mol. The second kappa shape index (κ2) is 15.1. The monoisotopic (exact) mass is 658 g/mol. The number of hydrogen-bond donors (Lipinski definition) is 2. The minimum absolute atomic E-state index is 0.0811. The van der Waals surface area contributed by atoms with Crippen LogP contribution in [0.4, 0.5) is 0 Å². The van der Waals surface area contributed by atoms with Crippen molar-refractivity contribution in [1.82, 2.24) is 0 Å². The van der Waals surface area contributed by atoms with E-state index in [1.54, 1.807) is 6.92 Å². The third-order valence-corrected chi connectivity index (χ3v) is 10.4. The first kappa shape index (κ1) is 39.2. The summed E-state index contributed by atoms with van der Waals surface area (Å²) in [4.78, 5) is 25.2. The molecule has 0 amide bonds. The number of methoxy groups -OCH3 is 1. The van der Waals surface area contributed by atoms with Gasteiger partial charge in [0.25, 0.3) is 0 Å². The number of epoxide rings is 1. The van der Waals surface area contributed by atoms with E-state index < -0.39 is 16.8 Å². The van der Waals surface area contributed by atoms with Crippen molar-refractivity contribution in [2.24, 2.45) is 16.7 Å². The first-order chi connectivity index (χ1) is 22.2. The van der Waals surface area contributed by atoms with E-state index in [0.29, 0.717) is 37.7 Å². The SMILES string of the molecule is COC(=O)C1CC(C)(C)C(=C=CC(C)=CC=CC(C)=CC=CC=C(C)C=CC=C(C)C(=O)CC23OC2(C)CC(O)CC3(C)C)C(C)(O)C1. The summed E-state index contributed by atoms with van der Waals surface area (Å²) in [5, 5.41) is 21.4. The summed E-state index contributed by atoms with van der Waals surface area (Å²) in [6, 6.07) is 0. The van der Waals surface area contributed by atoms with Gasteiger partial charge in [-0.1, -0.05) is 99.6 Å². The number of aliphatic hydroxyl groups excluding tert-OH is 1. The van der Waals surface area contributed by atoms with Crippen molar-refractivity contribution in [2.45, 2.75) is 124 Å². The van der Waals surface area contributed by atoms with E-state index in [9.17, 15) is 19.8 Å². The number of Topliss-reactive ketones (excluding diaryl/α,β-unsaturated/α-hetero) is 1. The van der Waals surface area contributed by atoms with Gasteiger partial charge in [-0.3, -0.25) is 9.59 Å². The lowest BCUT2D eigenvalue weighted by Crippen LogP contribution is -2.48. The summed E-state index contributed by atoms with van der Waals surface area (Å²) in [6.07, 6.45) is 23.8. The maximum absolute atomic E-state index is 13.1. The third kappa shape index (κ3) is 9.24. The molecule has 0 spiro atoms. The largest absolute Gasteiger partial charge is 0.469 e. The minimum Gasteiger partial charge on any atom is -0.469 e. The highest BCUT2D eigenvalue weighted by Crippen LogP contribution is 2.67. The highest BCUT2D eigenvalue weighted by molar-refractivity contribution is 5.96. The van der Waals surface area contributed by atoms with Gasteiger partial charge in [-0.25, -0.2) is 0 Å². The van der Waals surface area contributed by atoms with E-state index in [1.165, 1.54) is 7.11 Å². The Balaban J connectivity index is 1.54. The van der Waals surface area contributed by atoms with Crippen LogP contribution in [-0.4, -0.2) is 52.0 Å². The Morgan fingerprint density at radius 3 is 1.94 bits per heavy atom. The fraction of sp³-hybridized carbons (Fsp3) is 0.548. The average Bonchev–Trinajstić information content (AvgIpc) is 3.57. The van der Waals surface area contributed by atoms with Crippen molar-refractivity contribution in [1.29, 1.82) is 0 Å². The third-order valence-electron chi connectivity index (χ3n) is 10.4. The number of ketones is 1. The number of aliphatic hydroxyl groups is 2. The zero-order valence-corrected chi connectivity index (χ0v) is 31.1. The highest BCUT2D eigenvalue weighted by Gasteiger charge is 2.76. The zero-order chi connectivity index (χ0) is 36.1. The fourth-order valence-corrected chi connectivity index (χ4v) is 7.86. The Morgan fingerprint density at radius 2 is 1.40 bits per heavy atom. The van der Waals surface area contributed by atoms with Crippen LogP contribution in [0.25, 0.3) is 0 Å². The Hall–Kier alpha value is -3.28. The van der Waals surface area contributed by atoms with Crippen LogP contribution in [0, 0.1) is 16.7 Å². The van der Waals surface area contributed by atoms with E-state index in [-0.39, 0.29) is 34.6 Å². The molecule has 0 aromatic heterocycles. The lowest BCUT2D eigenvalue weighted by molar-refractivity contribution is -0.150. The van der Waals surface area contributed by atoms with Gasteiger partial charge in [0.15, 0.2) is 5.78 Å². The molecule has 0 aromatic rings. The molecule has 5 atom stereocenters. The number of allylic oxidation sites excluding steroid dienone is 14. The molecule has 0 bridgehead atoms. The van der Waals surface area contributed by atoms with E-state index in [4.69, 9.17) is 9.47 Å². The molecule has 262 valence electrons. The summed E-state index contributed by atoms with van der Waals surface area (Å²) in [5.74, 6) is -0.529. The van der Waals surface area contributed by atoms with Gasteiger partial charge in [-0.2, -0.15) is 0 Å². The lowest BCUT2D eigenvalue weighted by atomic mass is 9.61. The number of carbonyl (C=O) groups is 2. The number of ether oxygens (including phenoxy) is 2. The molecular formula is C42H58O6. The summed E-state index contributed by atoms with van der Waals surface area (Å²) in [5.41, 5.74) is 5.26. The number of hydrogen-bond acceptors (Lipinski definition) is 6. The topological polar surface area (TPSA) is 96.4 Å². The van der Waals surface area contributed by atoms with Gasteiger partial charge in [0, 0.05) is 18.4 Å². The molecule has 3 aliphatic rings. The van der Waals surface area contributed by atoms with Gasteiger partial charge in [0.05, 0.1) is 30.3 Å². The van der Waals surface area contributed by atoms with Crippen molar-refractivity contribution in [3.63, 3.8) is 0 Å². The molecule has 0 radical (unpaired) electrons. The van der Waals surface area contributed by atoms with Crippen molar-refractivity contribution in [2.75, 3.05) is 7.11 Å². The van der Waals surface area contributed by atoms with Crippen LogP contribution in [0.5, 0.6) is 0 Å². The summed E-state index contributed by atoms with van der Waals surface area (Å²) < 4.78 is 11.1. The maximum Gasteiger partial charge on any atom is 0.308 e. The first-order valence-corrected chi connectivity index (χ1v) is 17.1. The molecule has 1 heterocycles. The molecule has 3 rings (SSSR count).